The molecule has 0 aromatic rings. The SMILES string of the molecule is CCCNC(=O)CNC(=O)C1(C#N)CCC1. The molecule has 0 heterocycles. The van der Waals surface area contributed by atoms with E-state index in [1.165, 1.54) is 0 Å². The highest BCUT2D eigenvalue weighted by molar-refractivity contribution is 5.90. The van der Waals surface area contributed by atoms with Gasteiger partial charge < -0.3 is 10.6 Å². The predicted molar refractivity (Wildman–Crippen MR) is 58.2 cm³/mol. The van der Waals surface area contributed by atoms with Crippen molar-refractivity contribution in [3.05, 3.63) is 0 Å². The standard InChI is InChI=1S/C11H17N3O2/c1-2-6-13-9(15)7-14-10(16)11(8-12)4-3-5-11/h2-7H2,1H3,(H,13,15)(H,14,16). The summed E-state index contributed by atoms with van der Waals surface area (Å²) in [6.45, 7) is 2.53. The zero-order valence-corrected chi connectivity index (χ0v) is 9.51. The zero-order valence-electron chi connectivity index (χ0n) is 9.51. The lowest BCUT2D eigenvalue weighted by molar-refractivity contribution is -0.133. The van der Waals surface area contributed by atoms with Crippen LogP contribution < -0.4 is 10.6 Å². The van der Waals surface area contributed by atoms with Gasteiger partial charge in [0.1, 0.15) is 5.41 Å². The van der Waals surface area contributed by atoms with E-state index in [0.717, 1.165) is 12.8 Å². The lowest BCUT2D eigenvalue weighted by Gasteiger charge is -2.33. The Kier molecular flexibility index (Phi) is 4.29. The van der Waals surface area contributed by atoms with E-state index in [2.05, 4.69) is 10.6 Å². The second-order valence-corrected chi connectivity index (χ2v) is 4.08. The maximum atomic E-state index is 11.6. The number of carbonyl (C=O) groups excluding carboxylic acids is 2. The highest BCUT2D eigenvalue weighted by Crippen LogP contribution is 2.40. The molecule has 0 aromatic carbocycles. The monoisotopic (exact) mass is 223 g/mol. The molecule has 0 radical (unpaired) electrons. The van der Waals surface area contributed by atoms with E-state index >= 15 is 0 Å². The van der Waals surface area contributed by atoms with Crippen LogP contribution in [-0.4, -0.2) is 24.9 Å². The lowest BCUT2D eigenvalue weighted by atomic mass is 9.69. The van der Waals surface area contributed by atoms with Crippen LogP contribution >= 0.6 is 0 Å². The molecule has 1 saturated carbocycles. The first-order valence-electron chi connectivity index (χ1n) is 5.61. The Morgan fingerprint density at radius 1 is 1.38 bits per heavy atom. The second kappa shape index (κ2) is 5.50. The molecule has 1 fully saturated rings. The van der Waals surface area contributed by atoms with Crippen molar-refractivity contribution in [1.82, 2.24) is 10.6 Å². The molecule has 2 N–H and O–H groups in total. The number of amides is 2. The summed E-state index contributed by atoms with van der Waals surface area (Å²) in [6.07, 6.45) is 2.97. The summed E-state index contributed by atoms with van der Waals surface area (Å²) in [6, 6.07) is 2.04. The van der Waals surface area contributed by atoms with Crippen LogP contribution in [0.4, 0.5) is 0 Å². The molecule has 0 aromatic heterocycles. The highest BCUT2D eigenvalue weighted by atomic mass is 16.2. The van der Waals surface area contributed by atoms with Crippen LogP contribution in [-0.2, 0) is 9.59 Å². The molecule has 16 heavy (non-hydrogen) atoms. The Hall–Kier alpha value is -1.57. The third-order valence-corrected chi connectivity index (χ3v) is 2.84. The quantitative estimate of drug-likeness (QED) is 0.704. The Labute approximate surface area is 95.2 Å². The largest absolute Gasteiger partial charge is 0.355 e. The molecule has 88 valence electrons. The van der Waals surface area contributed by atoms with Crippen molar-refractivity contribution in [1.29, 1.82) is 5.26 Å². The summed E-state index contributed by atoms with van der Waals surface area (Å²) in [5.74, 6) is -0.518. The van der Waals surface area contributed by atoms with Crippen molar-refractivity contribution in [2.24, 2.45) is 5.41 Å². The highest BCUT2D eigenvalue weighted by Gasteiger charge is 2.44. The number of hydrogen-bond donors (Lipinski definition) is 2. The molecule has 0 spiro atoms. The fourth-order valence-electron chi connectivity index (χ4n) is 1.58. The van der Waals surface area contributed by atoms with Gasteiger partial charge >= 0.3 is 0 Å². The maximum absolute atomic E-state index is 11.6. The fraction of sp³-hybridized carbons (Fsp3) is 0.727. The van der Waals surface area contributed by atoms with E-state index in [9.17, 15) is 9.59 Å². The minimum Gasteiger partial charge on any atom is -0.355 e. The van der Waals surface area contributed by atoms with Gasteiger partial charge in [0.25, 0.3) is 0 Å². The van der Waals surface area contributed by atoms with Gasteiger partial charge in [-0.3, -0.25) is 9.59 Å². The van der Waals surface area contributed by atoms with Crippen LogP contribution in [0.25, 0.3) is 0 Å². The van der Waals surface area contributed by atoms with Gasteiger partial charge in [0.05, 0.1) is 12.6 Å². The van der Waals surface area contributed by atoms with Crippen molar-refractivity contribution in [3.8, 4) is 6.07 Å². The number of rotatable bonds is 5. The molecule has 0 saturated heterocycles. The fourth-order valence-corrected chi connectivity index (χ4v) is 1.58. The van der Waals surface area contributed by atoms with Gasteiger partial charge in [-0.2, -0.15) is 5.26 Å². The molecule has 1 aliphatic rings. The van der Waals surface area contributed by atoms with Crippen LogP contribution in [0.1, 0.15) is 32.6 Å². The van der Waals surface area contributed by atoms with Crippen LogP contribution in [0.3, 0.4) is 0 Å². The first-order chi connectivity index (χ1) is 7.64. The molecule has 1 aliphatic carbocycles. The van der Waals surface area contributed by atoms with Crippen LogP contribution in [0.2, 0.25) is 0 Å². The van der Waals surface area contributed by atoms with Gasteiger partial charge in [-0.1, -0.05) is 6.92 Å². The van der Waals surface area contributed by atoms with E-state index in [0.29, 0.717) is 19.4 Å². The van der Waals surface area contributed by atoms with E-state index in [1.54, 1.807) is 0 Å². The predicted octanol–water partition coefficient (Wildman–Crippen LogP) is 0.323. The van der Waals surface area contributed by atoms with E-state index in [-0.39, 0.29) is 18.4 Å². The molecule has 0 bridgehead atoms. The first kappa shape index (κ1) is 12.5. The van der Waals surface area contributed by atoms with Crippen molar-refractivity contribution < 1.29 is 9.59 Å². The normalized spacial score (nSPS) is 16.8. The number of nitriles is 1. The summed E-state index contributed by atoms with van der Waals surface area (Å²) in [5, 5.41) is 14.1. The molecule has 5 heteroatoms. The van der Waals surface area contributed by atoms with Crippen molar-refractivity contribution >= 4 is 11.8 Å². The third-order valence-electron chi connectivity index (χ3n) is 2.84. The minimum atomic E-state index is -0.870. The first-order valence-corrected chi connectivity index (χ1v) is 5.61. The van der Waals surface area contributed by atoms with Crippen LogP contribution in [0.15, 0.2) is 0 Å². The summed E-state index contributed by atoms with van der Waals surface area (Å²) in [5.41, 5.74) is -0.870. The number of nitrogens with zero attached hydrogens (tertiary/aromatic N) is 1. The van der Waals surface area contributed by atoms with Crippen LogP contribution in [0, 0.1) is 16.7 Å². The van der Waals surface area contributed by atoms with Gasteiger partial charge in [-0.05, 0) is 25.7 Å². The lowest BCUT2D eigenvalue weighted by Crippen LogP contribution is -2.47. The summed E-state index contributed by atoms with van der Waals surface area (Å²) in [7, 11) is 0. The number of nitrogens with one attached hydrogen (secondary N) is 2. The number of hydrogen-bond acceptors (Lipinski definition) is 3. The Balaban J connectivity index is 2.30. The molecular weight excluding hydrogens is 206 g/mol. The van der Waals surface area contributed by atoms with E-state index < -0.39 is 5.41 Å². The van der Waals surface area contributed by atoms with Crippen LogP contribution in [0.5, 0.6) is 0 Å². The molecule has 1 rings (SSSR count). The molecule has 0 atom stereocenters. The van der Waals surface area contributed by atoms with Gasteiger partial charge in [-0.25, -0.2) is 0 Å². The van der Waals surface area contributed by atoms with Gasteiger partial charge in [0, 0.05) is 6.54 Å². The molecule has 0 aliphatic heterocycles. The van der Waals surface area contributed by atoms with E-state index in [4.69, 9.17) is 5.26 Å². The molecule has 2 amide bonds. The topological polar surface area (TPSA) is 82.0 Å². The number of carbonyl (C=O) groups is 2. The van der Waals surface area contributed by atoms with Crippen molar-refractivity contribution in [2.45, 2.75) is 32.6 Å². The van der Waals surface area contributed by atoms with Gasteiger partial charge in [-0.15, -0.1) is 0 Å². The Morgan fingerprint density at radius 3 is 2.50 bits per heavy atom. The third kappa shape index (κ3) is 2.72. The average molecular weight is 223 g/mol. The van der Waals surface area contributed by atoms with Gasteiger partial charge in [0.2, 0.25) is 11.8 Å². The Bertz CT molecular complexity index is 316. The minimum absolute atomic E-state index is 0.0394. The molecule has 0 unspecified atom stereocenters. The average Bonchev–Trinajstić information content (AvgIpc) is 2.22. The van der Waals surface area contributed by atoms with Crippen molar-refractivity contribution in [2.75, 3.05) is 13.1 Å². The molecule has 5 nitrogen and oxygen atoms in total. The van der Waals surface area contributed by atoms with E-state index in [1.807, 2.05) is 13.0 Å². The van der Waals surface area contributed by atoms with Gasteiger partial charge in [0.15, 0.2) is 0 Å². The van der Waals surface area contributed by atoms with Crippen molar-refractivity contribution in [3.63, 3.8) is 0 Å². The maximum Gasteiger partial charge on any atom is 0.240 e. The molecular formula is C11H17N3O2. The second-order valence-electron chi connectivity index (χ2n) is 4.08. The smallest absolute Gasteiger partial charge is 0.240 e. The zero-order chi connectivity index (χ0) is 12.0. The Morgan fingerprint density at radius 2 is 2.06 bits per heavy atom. The summed E-state index contributed by atoms with van der Waals surface area (Å²) >= 11 is 0. The summed E-state index contributed by atoms with van der Waals surface area (Å²) in [4.78, 5) is 22.9. The summed E-state index contributed by atoms with van der Waals surface area (Å²) < 4.78 is 0.